The summed E-state index contributed by atoms with van der Waals surface area (Å²) in [5.41, 5.74) is 0. The maximum absolute atomic E-state index is 13.0. The summed E-state index contributed by atoms with van der Waals surface area (Å²) in [6.45, 7) is 0.896. The van der Waals surface area contributed by atoms with Gasteiger partial charge in [0.2, 0.25) is 0 Å². The van der Waals surface area contributed by atoms with Gasteiger partial charge in [0, 0.05) is 13.1 Å². The van der Waals surface area contributed by atoms with Crippen LogP contribution in [0.15, 0.2) is 0 Å². The number of rotatable bonds is 3. The Hall–Kier alpha value is -1.41. The van der Waals surface area contributed by atoms with Gasteiger partial charge in [-0.05, 0) is 19.8 Å². The average molecular weight is 303 g/mol. The first-order chi connectivity index (χ1) is 9.11. The molecule has 1 saturated heterocycles. The molecule has 0 aromatic carbocycles. The van der Waals surface area contributed by atoms with Gasteiger partial charge in [0.15, 0.2) is 0 Å². The number of carbonyl (C=O) groups is 2. The van der Waals surface area contributed by atoms with Crippen LogP contribution in [0, 0.1) is 5.92 Å². The number of halogens is 5. The number of nitrogens with zero attached hydrogens (tertiary/aromatic N) is 1. The fraction of sp³-hybridized carbons (Fsp3) is 0.818. The van der Waals surface area contributed by atoms with Crippen molar-refractivity contribution in [1.82, 2.24) is 4.90 Å². The van der Waals surface area contributed by atoms with Gasteiger partial charge in [-0.2, -0.15) is 22.0 Å². The highest BCUT2D eigenvalue weighted by Gasteiger charge is 2.64. The minimum absolute atomic E-state index is 0.0714. The molecule has 1 aliphatic heterocycles. The standard InChI is InChI=1S/C11H14F5NO3/c1-2-20-8(18)7-4-3-5-17(6-7)9(19)10(12,13)11(14,15)16/h7H,2-6H2,1H3/t7-/m1/s1. The van der Waals surface area contributed by atoms with Gasteiger partial charge in [-0.1, -0.05) is 0 Å². The second kappa shape index (κ2) is 5.92. The molecular weight excluding hydrogens is 289 g/mol. The van der Waals surface area contributed by atoms with Crippen LogP contribution >= 0.6 is 0 Å². The molecule has 0 spiro atoms. The van der Waals surface area contributed by atoms with Gasteiger partial charge < -0.3 is 9.64 Å². The number of carbonyl (C=O) groups excluding carboxylic acids is 2. The van der Waals surface area contributed by atoms with E-state index in [9.17, 15) is 31.5 Å². The lowest BCUT2D eigenvalue weighted by atomic mass is 9.97. The van der Waals surface area contributed by atoms with E-state index in [4.69, 9.17) is 0 Å². The third-order valence-electron chi connectivity index (χ3n) is 2.95. The molecule has 0 aliphatic carbocycles. The molecule has 0 unspecified atom stereocenters. The van der Waals surface area contributed by atoms with E-state index in [2.05, 4.69) is 4.74 Å². The lowest BCUT2D eigenvalue weighted by Crippen LogP contribution is -2.55. The molecule has 0 aromatic heterocycles. The first-order valence-corrected chi connectivity index (χ1v) is 6.01. The van der Waals surface area contributed by atoms with Gasteiger partial charge in [0.25, 0.3) is 0 Å². The van der Waals surface area contributed by atoms with Crippen LogP contribution in [0.3, 0.4) is 0 Å². The molecule has 0 N–H and O–H groups in total. The predicted octanol–water partition coefficient (Wildman–Crippen LogP) is 1.99. The van der Waals surface area contributed by atoms with Crippen molar-refractivity contribution in [3.8, 4) is 0 Å². The lowest BCUT2D eigenvalue weighted by molar-refractivity contribution is -0.274. The SMILES string of the molecule is CCOC(=O)[C@@H]1CCCN(C(=O)C(F)(F)C(F)(F)F)C1. The quantitative estimate of drug-likeness (QED) is 0.592. The number of likely N-dealkylation sites (tertiary alicyclic amines) is 1. The van der Waals surface area contributed by atoms with Gasteiger partial charge in [-0.25, -0.2) is 0 Å². The highest BCUT2D eigenvalue weighted by atomic mass is 19.4. The normalized spacial score (nSPS) is 20.7. The summed E-state index contributed by atoms with van der Waals surface area (Å²) < 4.78 is 67.0. The van der Waals surface area contributed by atoms with Crippen molar-refractivity contribution >= 4 is 11.9 Å². The van der Waals surface area contributed by atoms with E-state index in [0.29, 0.717) is 11.3 Å². The van der Waals surface area contributed by atoms with Crippen LogP contribution in [0.1, 0.15) is 19.8 Å². The third-order valence-corrected chi connectivity index (χ3v) is 2.95. The summed E-state index contributed by atoms with van der Waals surface area (Å²) in [6.07, 6.45) is -5.48. The minimum Gasteiger partial charge on any atom is -0.466 e. The number of hydrogen-bond acceptors (Lipinski definition) is 3. The number of esters is 1. The van der Waals surface area contributed by atoms with Crippen molar-refractivity contribution in [1.29, 1.82) is 0 Å². The molecule has 1 aliphatic rings. The van der Waals surface area contributed by atoms with Crippen LogP contribution in [0.4, 0.5) is 22.0 Å². The Bertz CT molecular complexity index is 383. The molecule has 1 heterocycles. The molecule has 1 atom stereocenters. The second-order valence-electron chi connectivity index (χ2n) is 4.41. The van der Waals surface area contributed by atoms with E-state index in [1.54, 1.807) is 6.92 Å². The zero-order valence-corrected chi connectivity index (χ0v) is 10.7. The van der Waals surface area contributed by atoms with Crippen LogP contribution in [0.5, 0.6) is 0 Å². The minimum atomic E-state index is -5.94. The molecule has 0 aromatic rings. The summed E-state index contributed by atoms with van der Waals surface area (Å²) in [7, 11) is 0. The number of hydrogen-bond donors (Lipinski definition) is 0. The van der Waals surface area contributed by atoms with Gasteiger partial charge in [-0.15, -0.1) is 0 Å². The van der Waals surface area contributed by atoms with Crippen molar-refractivity contribution in [2.75, 3.05) is 19.7 Å². The molecule has 4 nitrogen and oxygen atoms in total. The first kappa shape index (κ1) is 16.6. The Morgan fingerprint density at radius 1 is 1.25 bits per heavy atom. The van der Waals surface area contributed by atoms with Crippen LogP contribution in [0.2, 0.25) is 0 Å². The topological polar surface area (TPSA) is 46.6 Å². The number of ether oxygens (including phenoxy) is 1. The Morgan fingerprint density at radius 2 is 1.85 bits per heavy atom. The number of alkyl halides is 5. The average Bonchev–Trinajstić information content (AvgIpc) is 2.37. The molecule has 1 fully saturated rings. The summed E-state index contributed by atoms with van der Waals surface area (Å²) >= 11 is 0. The fourth-order valence-corrected chi connectivity index (χ4v) is 1.93. The Morgan fingerprint density at radius 3 is 2.35 bits per heavy atom. The van der Waals surface area contributed by atoms with Crippen molar-refractivity contribution < 1.29 is 36.3 Å². The Labute approximate surface area is 111 Å². The summed E-state index contributed by atoms with van der Waals surface area (Å²) in [4.78, 5) is 23.1. The molecule has 1 amide bonds. The maximum atomic E-state index is 13.0. The molecule has 0 radical (unpaired) electrons. The predicted molar refractivity (Wildman–Crippen MR) is 56.9 cm³/mol. The largest absolute Gasteiger partial charge is 0.466 e. The molecule has 0 bridgehead atoms. The van der Waals surface area contributed by atoms with E-state index in [1.807, 2.05) is 0 Å². The van der Waals surface area contributed by atoms with E-state index in [-0.39, 0.29) is 19.6 Å². The first-order valence-electron chi connectivity index (χ1n) is 6.01. The molecule has 0 saturated carbocycles. The highest BCUT2D eigenvalue weighted by Crippen LogP contribution is 2.37. The van der Waals surface area contributed by atoms with Crippen LogP contribution in [-0.4, -0.2) is 48.6 Å². The number of amides is 1. The molecule has 116 valence electrons. The second-order valence-corrected chi connectivity index (χ2v) is 4.41. The molecule has 20 heavy (non-hydrogen) atoms. The van der Waals surface area contributed by atoms with Crippen molar-refractivity contribution in [3.05, 3.63) is 0 Å². The lowest BCUT2D eigenvalue weighted by Gasteiger charge is -2.34. The summed E-state index contributed by atoms with van der Waals surface area (Å²) in [6, 6.07) is 0. The van der Waals surface area contributed by atoms with Crippen LogP contribution < -0.4 is 0 Å². The molecular formula is C11H14F5NO3. The van der Waals surface area contributed by atoms with Gasteiger partial charge in [-0.3, -0.25) is 9.59 Å². The van der Waals surface area contributed by atoms with E-state index >= 15 is 0 Å². The van der Waals surface area contributed by atoms with Crippen molar-refractivity contribution in [2.45, 2.75) is 31.9 Å². The van der Waals surface area contributed by atoms with E-state index in [0.717, 1.165) is 0 Å². The van der Waals surface area contributed by atoms with Gasteiger partial charge >= 0.3 is 24.0 Å². The fourth-order valence-electron chi connectivity index (χ4n) is 1.93. The smallest absolute Gasteiger partial charge is 0.463 e. The van der Waals surface area contributed by atoms with Crippen LogP contribution in [0.25, 0.3) is 0 Å². The highest BCUT2D eigenvalue weighted by molar-refractivity contribution is 5.85. The van der Waals surface area contributed by atoms with E-state index < -0.39 is 36.4 Å². The maximum Gasteiger partial charge on any atom is 0.463 e. The number of piperidine rings is 1. The summed E-state index contributed by atoms with van der Waals surface area (Å²) in [5.74, 6) is -9.32. The van der Waals surface area contributed by atoms with E-state index in [1.165, 1.54) is 0 Å². The zero-order valence-electron chi connectivity index (χ0n) is 10.7. The third kappa shape index (κ3) is 3.37. The Kier molecular flexibility index (Phi) is 4.93. The van der Waals surface area contributed by atoms with Crippen molar-refractivity contribution in [2.24, 2.45) is 5.92 Å². The zero-order chi connectivity index (χ0) is 15.6. The summed E-state index contributed by atoms with van der Waals surface area (Å²) in [5, 5.41) is 0. The monoisotopic (exact) mass is 303 g/mol. The Balaban J connectivity index is 2.77. The van der Waals surface area contributed by atoms with Gasteiger partial charge in [0.1, 0.15) is 0 Å². The van der Waals surface area contributed by atoms with Gasteiger partial charge in [0.05, 0.1) is 12.5 Å². The van der Waals surface area contributed by atoms with Crippen molar-refractivity contribution in [3.63, 3.8) is 0 Å². The van der Waals surface area contributed by atoms with Crippen LogP contribution in [-0.2, 0) is 14.3 Å². The molecule has 9 heteroatoms. The molecule has 1 rings (SSSR count).